The normalized spacial score (nSPS) is 14.0. The van der Waals surface area contributed by atoms with Gasteiger partial charge in [-0.05, 0) is 43.2 Å². The second-order valence-electron chi connectivity index (χ2n) is 8.72. The number of carbonyl (C=O) groups is 1. The second-order valence-corrected chi connectivity index (χ2v) is 8.72. The highest BCUT2D eigenvalue weighted by atomic mass is 19.3. The van der Waals surface area contributed by atoms with Gasteiger partial charge in [0.25, 0.3) is 5.91 Å². The van der Waals surface area contributed by atoms with Gasteiger partial charge in [0.05, 0.1) is 22.3 Å². The Balaban J connectivity index is 1.40. The van der Waals surface area contributed by atoms with Gasteiger partial charge >= 0.3 is 5.92 Å². The van der Waals surface area contributed by atoms with Crippen molar-refractivity contribution in [3.8, 4) is 11.3 Å². The van der Waals surface area contributed by atoms with Gasteiger partial charge in [-0.3, -0.25) is 9.48 Å². The largest absolute Gasteiger partial charge is 0.349 e. The number of aryl methyl sites for hydroxylation is 1. The molecule has 1 aliphatic carbocycles. The van der Waals surface area contributed by atoms with Gasteiger partial charge in [0, 0.05) is 36.3 Å². The topological polar surface area (TPSA) is 90.0 Å². The van der Waals surface area contributed by atoms with Crippen molar-refractivity contribution >= 4 is 22.5 Å². The number of hydrogen-bond acceptors (Lipinski definition) is 5. The molecule has 1 saturated carbocycles. The zero-order chi connectivity index (χ0) is 25.2. The molecule has 3 aromatic heterocycles. The van der Waals surface area contributed by atoms with Crippen molar-refractivity contribution in [1.29, 1.82) is 0 Å². The molecule has 0 spiro atoms. The summed E-state index contributed by atoms with van der Waals surface area (Å²) in [5.41, 5.74) is -0.403. The first-order valence-electron chi connectivity index (χ1n) is 11.1. The molecule has 1 amide bonds. The van der Waals surface area contributed by atoms with Gasteiger partial charge < -0.3 is 5.32 Å². The lowest BCUT2D eigenvalue weighted by molar-refractivity contribution is 0.0270. The molecule has 1 aliphatic rings. The van der Waals surface area contributed by atoms with E-state index in [1.807, 2.05) is 0 Å². The summed E-state index contributed by atoms with van der Waals surface area (Å²) in [6, 6.07) is 8.76. The summed E-state index contributed by atoms with van der Waals surface area (Å²) in [7, 11) is 1.60. The Hall–Kier alpha value is -4.35. The van der Waals surface area contributed by atoms with E-state index in [0.717, 1.165) is 35.6 Å². The second kappa shape index (κ2) is 7.83. The third-order valence-electron chi connectivity index (χ3n) is 6.01. The minimum absolute atomic E-state index is 0.00260. The van der Waals surface area contributed by atoms with E-state index < -0.39 is 34.9 Å². The standard InChI is InChI=1S/C24H17F4N7O/c1-34-11-13-8-16(18(26)10-20(13)32-34)24(27,28)23-31-30-21-7-6-19(33-35(21)23)12-2-5-15(17(25)9-12)22(36)29-14-3-4-14/h2,5-11,14H,3-4H2,1H3,(H,29,36). The fourth-order valence-electron chi connectivity index (χ4n) is 4.02. The number of amides is 1. The Morgan fingerprint density at radius 1 is 1.03 bits per heavy atom. The van der Waals surface area contributed by atoms with Crippen molar-refractivity contribution in [2.24, 2.45) is 7.05 Å². The van der Waals surface area contributed by atoms with Crippen LogP contribution in [0.4, 0.5) is 17.6 Å². The predicted molar refractivity (Wildman–Crippen MR) is 120 cm³/mol. The quantitative estimate of drug-likeness (QED) is 0.373. The Labute approximate surface area is 200 Å². The number of halogens is 4. The molecule has 8 nitrogen and oxygen atoms in total. The van der Waals surface area contributed by atoms with Crippen molar-refractivity contribution in [2.75, 3.05) is 0 Å². The van der Waals surface area contributed by atoms with Crippen LogP contribution in [0.5, 0.6) is 0 Å². The number of nitrogens with zero attached hydrogens (tertiary/aromatic N) is 6. The van der Waals surface area contributed by atoms with Crippen molar-refractivity contribution < 1.29 is 22.4 Å². The molecule has 3 heterocycles. The van der Waals surface area contributed by atoms with Crippen LogP contribution in [-0.4, -0.2) is 41.5 Å². The van der Waals surface area contributed by atoms with Crippen molar-refractivity contribution in [1.82, 2.24) is 34.9 Å². The SMILES string of the molecule is Cn1cc2cc(C(F)(F)c3nnc4ccc(-c5ccc(C(=O)NC6CC6)c(F)c5)nn34)c(F)cc2n1. The van der Waals surface area contributed by atoms with Gasteiger partial charge in [0.1, 0.15) is 11.6 Å². The first-order valence-corrected chi connectivity index (χ1v) is 11.1. The van der Waals surface area contributed by atoms with E-state index >= 15 is 8.78 Å². The van der Waals surface area contributed by atoms with Crippen LogP contribution in [0.1, 0.15) is 34.6 Å². The van der Waals surface area contributed by atoms with Crippen LogP contribution in [0.15, 0.2) is 48.7 Å². The van der Waals surface area contributed by atoms with E-state index in [2.05, 4.69) is 25.7 Å². The summed E-state index contributed by atoms with van der Waals surface area (Å²) in [5.74, 6) is -7.23. The molecule has 2 aromatic carbocycles. The van der Waals surface area contributed by atoms with Crippen molar-refractivity contribution in [2.45, 2.75) is 24.8 Å². The molecule has 0 unspecified atom stereocenters. The monoisotopic (exact) mass is 495 g/mol. The van der Waals surface area contributed by atoms with Gasteiger partial charge in [-0.2, -0.15) is 23.5 Å². The lowest BCUT2D eigenvalue weighted by atomic mass is 10.0. The molecule has 6 rings (SSSR count). The van der Waals surface area contributed by atoms with Crippen LogP contribution in [0, 0.1) is 11.6 Å². The van der Waals surface area contributed by atoms with Gasteiger partial charge in [-0.1, -0.05) is 6.07 Å². The van der Waals surface area contributed by atoms with E-state index in [1.54, 1.807) is 7.05 Å². The number of alkyl halides is 2. The Kier molecular flexibility index (Phi) is 4.82. The molecule has 0 radical (unpaired) electrons. The smallest absolute Gasteiger partial charge is 0.336 e. The molecular formula is C24H17F4N7O. The molecule has 0 bridgehead atoms. The minimum atomic E-state index is -3.89. The highest BCUT2D eigenvalue weighted by molar-refractivity contribution is 5.95. The lowest BCUT2D eigenvalue weighted by Crippen LogP contribution is -2.26. The Morgan fingerprint density at radius 3 is 2.58 bits per heavy atom. The molecule has 0 aliphatic heterocycles. The number of fused-ring (bicyclic) bond motifs is 2. The Bertz CT molecular complexity index is 1670. The van der Waals surface area contributed by atoms with Crippen LogP contribution in [0.25, 0.3) is 27.8 Å². The van der Waals surface area contributed by atoms with Gasteiger partial charge in [-0.15, -0.1) is 10.2 Å². The number of hydrogen-bond donors (Lipinski definition) is 1. The summed E-state index contributed by atoms with van der Waals surface area (Å²) in [6.45, 7) is 0. The van der Waals surface area contributed by atoms with Crippen molar-refractivity contribution in [3.63, 3.8) is 0 Å². The maximum Gasteiger partial charge on any atom is 0.336 e. The Morgan fingerprint density at radius 2 is 1.83 bits per heavy atom. The highest BCUT2D eigenvalue weighted by Crippen LogP contribution is 2.38. The van der Waals surface area contributed by atoms with Gasteiger partial charge in [-0.25, -0.2) is 8.78 Å². The zero-order valence-corrected chi connectivity index (χ0v) is 18.7. The zero-order valence-electron chi connectivity index (χ0n) is 18.7. The summed E-state index contributed by atoms with van der Waals surface area (Å²) < 4.78 is 62.7. The average molecular weight is 495 g/mol. The molecule has 182 valence electrons. The number of benzene rings is 2. The van der Waals surface area contributed by atoms with E-state index in [4.69, 9.17) is 0 Å². The molecule has 1 N–H and O–H groups in total. The molecule has 5 aromatic rings. The first-order chi connectivity index (χ1) is 17.2. The molecule has 12 heteroatoms. The average Bonchev–Trinajstić information content (AvgIpc) is 3.41. The summed E-state index contributed by atoms with van der Waals surface area (Å²) in [5, 5.41) is 18.6. The summed E-state index contributed by atoms with van der Waals surface area (Å²) in [4.78, 5) is 12.2. The van der Waals surface area contributed by atoms with Crippen LogP contribution >= 0.6 is 0 Å². The maximum atomic E-state index is 15.6. The molecule has 0 saturated heterocycles. The van der Waals surface area contributed by atoms with E-state index in [-0.39, 0.29) is 34.0 Å². The molecular weight excluding hydrogens is 478 g/mol. The van der Waals surface area contributed by atoms with Crippen LogP contribution in [0.2, 0.25) is 0 Å². The fraction of sp³-hybridized carbons (Fsp3) is 0.208. The number of nitrogens with one attached hydrogen (secondary N) is 1. The minimum Gasteiger partial charge on any atom is -0.349 e. The third kappa shape index (κ3) is 3.65. The number of aromatic nitrogens is 6. The fourth-order valence-corrected chi connectivity index (χ4v) is 4.02. The number of rotatable bonds is 5. The van der Waals surface area contributed by atoms with Crippen LogP contribution < -0.4 is 5.32 Å². The van der Waals surface area contributed by atoms with Gasteiger partial charge in [0.15, 0.2) is 5.65 Å². The van der Waals surface area contributed by atoms with E-state index in [9.17, 15) is 13.6 Å². The van der Waals surface area contributed by atoms with Crippen molar-refractivity contribution in [3.05, 3.63) is 77.2 Å². The predicted octanol–water partition coefficient (Wildman–Crippen LogP) is 3.99. The van der Waals surface area contributed by atoms with E-state index in [0.29, 0.717) is 5.39 Å². The lowest BCUT2D eigenvalue weighted by Gasteiger charge is -2.15. The first kappa shape index (κ1) is 22.1. The van der Waals surface area contributed by atoms with Crippen LogP contribution in [-0.2, 0) is 13.0 Å². The van der Waals surface area contributed by atoms with Gasteiger partial charge in [0.2, 0.25) is 5.82 Å². The third-order valence-corrected chi connectivity index (χ3v) is 6.01. The van der Waals surface area contributed by atoms with E-state index in [1.165, 1.54) is 35.1 Å². The highest BCUT2D eigenvalue weighted by Gasteiger charge is 2.42. The molecule has 36 heavy (non-hydrogen) atoms. The number of carbonyl (C=O) groups excluding carboxylic acids is 1. The molecule has 0 atom stereocenters. The summed E-state index contributed by atoms with van der Waals surface area (Å²) >= 11 is 0. The summed E-state index contributed by atoms with van der Waals surface area (Å²) in [6.07, 6.45) is 3.22. The van der Waals surface area contributed by atoms with Crippen LogP contribution in [0.3, 0.4) is 0 Å². The molecule has 1 fully saturated rings. The maximum absolute atomic E-state index is 15.6.